The molecule has 0 atom stereocenters. The number of likely N-dealkylation sites (N-methyl/N-ethyl adjacent to an activating group) is 1. The number of hydrogen-bond donors (Lipinski definition) is 1. The molecule has 2 radical (unpaired) electrons. The number of para-hydroxylation sites is 1. The molecule has 2 aliphatic rings. The zero-order valence-electron chi connectivity index (χ0n) is 21.3. The predicted molar refractivity (Wildman–Crippen MR) is 149 cm³/mol. The summed E-state index contributed by atoms with van der Waals surface area (Å²) in [5, 5.41) is 3.34. The molecular weight excluding hydrogens is 462 g/mol. The minimum Gasteiger partial charge on any atom is -0.423 e. The lowest BCUT2D eigenvalue weighted by molar-refractivity contribution is 0.0529. The Morgan fingerprint density at radius 3 is 2.35 bits per heavy atom. The third-order valence-corrected chi connectivity index (χ3v) is 7.15. The zero-order chi connectivity index (χ0) is 25.0. The zero-order valence-corrected chi connectivity index (χ0v) is 21.3. The summed E-state index contributed by atoms with van der Waals surface area (Å²) in [6.07, 6.45) is 2.15. The normalized spacial score (nSPS) is 17.4. The van der Waals surface area contributed by atoms with Crippen LogP contribution in [-0.2, 0) is 4.74 Å². The third kappa shape index (κ3) is 5.64. The van der Waals surface area contributed by atoms with E-state index in [4.69, 9.17) is 14.1 Å². The Kier molecular flexibility index (Phi) is 7.08. The minimum atomic E-state index is 0.500. The second-order valence-corrected chi connectivity index (χ2v) is 9.72. The van der Waals surface area contributed by atoms with Crippen molar-refractivity contribution in [1.29, 1.82) is 0 Å². The lowest BCUT2D eigenvalue weighted by Gasteiger charge is -2.34. The summed E-state index contributed by atoms with van der Waals surface area (Å²) in [6, 6.07) is 23.7. The number of nitrogens with one attached hydrogen (secondary N) is 1. The highest BCUT2D eigenvalue weighted by Gasteiger charge is 2.15. The van der Waals surface area contributed by atoms with Crippen molar-refractivity contribution in [3.8, 4) is 11.1 Å². The molecule has 7 heteroatoms. The molecule has 6 rings (SSSR count). The maximum atomic E-state index is 6.20. The van der Waals surface area contributed by atoms with Crippen molar-refractivity contribution in [2.75, 3.05) is 69.7 Å². The van der Waals surface area contributed by atoms with Gasteiger partial charge in [0.2, 0.25) is 0 Å². The number of nitrogens with zero attached hydrogens (tertiary/aromatic N) is 4. The highest BCUT2D eigenvalue weighted by Crippen LogP contribution is 2.32. The van der Waals surface area contributed by atoms with Crippen molar-refractivity contribution in [3.05, 3.63) is 85.3 Å². The van der Waals surface area contributed by atoms with Crippen LogP contribution in [0.3, 0.4) is 0 Å². The van der Waals surface area contributed by atoms with Crippen molar-refractivity contribution in [2.24, 2.45) is 0 Å². The van der Waals surface area contributed by atoms with Gasteiger partial charge in [-0.3, -0.25) is 4.90 Å². The van der Waals surface area contributed by atoms with Crippen LogP contribution in [0.1, 0.15) is 5.56 Å². The van der Waals surface area contributed by atoms with Gasteiger partial charge in [0.25, 0.3) is 6.01 Å². The molecule has 190 valence electrons. The van der Waals surface area contributed by atoms with Gasteiger partial charge in [0.1, 0.15) is 5.52 Å². The Morgan fingerprint density at radius 2 is 1.59 bits per heavy atom. The highest BCUT2D eigenvalue weighted by molar-refractivity contribution is 5.91. The van der Waals surface area contributed by atoms with Crippen molar-refractivity contribution < 1.29 is 9.15 Å². The van der Waals surface area contributed by atoms with Crippen LogP contribution < -0.4 is 10.2 Å². The van der Waals surface area contributed by atoms with Gasteiger partial charge in [0.05, 0.1) is 13.2 Å². The number of aromatic nitrogens is 1. The summed E-state index contributed by atoms with van der Waals surface area (Å²) in [4.78, 5) is 11.8. The van der Waals surface area contributed by atoms with Gasteiger partial charge in [0, 0.05) is 69.2 Å². The first-order chi connectivity index (χ1) is 18.2. The molecule has 2 fully saturated rings. The van der Waals surface area contributed by atoms with Gasteiger partial charge in [-0.05, 0) is 48.5 Å². The van der Waals surface area contributed by atoms with Gasteiger partial charge in [-0.15, -0.1) is 0 Å². The Balaban J connectivity index is 1.13. The van der Waals surface area contributed by atoms with Crippen LogP contribution in [0.25, 0.3) is 22.2 Å². The molecule has 0 spiro atoms. The molecule has 1 aromatic heterocycles. The minimum absolute atomic E-state index is 0.500. The molecule has 0 unspecified atom stereocenters. The Bertz CT molecular complexity index is 1300. The first-order valence-corrected chi connectivity index (χ1v) is 13.0. The summed E-state index contributed by atoms with van der Waals surface area (Å²) in [5.41, 5.74) is 7.15. The van der Waals surface area contributed by atoms with Crippen LogP contribution in [0.15, 0.2) is 71.1 Å². The van der Waals surface area contributed by atoms with E-state index in [0.717, 1.165) is 80.4 Å². The van der Waals surface area contributed by atoms with E-state index in [9.17, 15) is 0 Å². The molecular formula is C30H33N5O2. The molecule has 3 aromatic carbocycles. The number of rotatable bonds is 7. The number of ether oxygens (including phenoxy) is 1. The molecule has 4 aromatic rings. The van der Waals surface area contributed by atoms with E-state index in [-0.39, 0.29) is 0 Å². The maximum Gasteiger partial charge on any atom is 0.300 e. The van der Waals surface area contributed by atoms with E-state index in [0.29, 0.717) is 6.01 Å². The van der Waals surface area contributed by atoms with Crippen molar-refractivity contribution in [3.63, 3.8) is 0 Å². The van der Waals surface area contributed by atoms with Gasteiger partial charge in [-0.25, -0.2) is 0 Å². The second-order valence-electron chi connectivity index (χ2n) is 9.72. The number of piperazine rings is 1. The summed E-state index contributed by atoms with van der Waals surface area (Å²) in [7, 11) is 2.18. The van der Waals surface area contributed by atoms with Crippen molar-refractivity contribution in [2.45, 2.75) is 0 Å². The first-order valence-electron chi connectivity index (χ1n) is 13.0. The predicted octanol–water partition coefficient (Wildman–Crippen LogP) is 5.04. The molecule has 2 saturated heterocycles. The van der Waals surface area contributed by atoms with Crippen LogP contribution in [0.5, 0.6) is 0 Å². The average molecular weight is 496 g/mol. The summed E-state index contributed by atoms with van der Waals surface area (Å²) < 4.78 is 11.6. The second kappa shape index (κ2) is 10.9. The molecule has 2 aliphatic heterocycles. The fraction of sp³-hybridized carbons (Fsp3) is 0.300. The standard InChI is InChI=1S/C30H33N5O2/c1-33-15-17-35(18-16-33)26-11-9-25(10-12-26)31-30-32-28-4-2-3-27(29(28)37-30)24-7-5-23(6-8-24)13-14-34-19-21-36-22-20-34/h2-14H,15-22H2,1H3,(H,31,32). The fourth-order valence-electron chi connectivity index (χ4n) is 4.87. The van der Waals surface area contributed by atoms with E-state index in [2.05, 4.69) is 94.6 Å². The van der Waals surface area contributed by atoms with Crippen molar-refractivity contribution >= 4 is 28.5 Å². The maximum absolute atomic E-state index is 6.20. The Labute approximate surface area is 218 Å². The number of benzene rings is 3. The van der Waals surface area contributed by atoms with E-state index >= 15 is 0 Å². The van der Waals surface area contributed by atoms with Crippen LogP contribution in [0.4, 0.5) is 17.4 Å². The average Bonchev–Trinajstić information content (AvgIpc) is 3.36. The van der Waals surface area contributed by atoms with Gasteiger partial charge >= 0.3 is 0 Å². The molecule has 1 N–H and O–H groups in total. The molecule has 0 aliphatic carbocycles. The number of anilines is 3. The Hall–Kier alpha value is -3.39. The SMILES string of the molecule is CN1CCN(c2ccc(Nc3nc4cccc(-c5ccc([CH][CH]N6CCOCC6)cc5)c4o3)cc2)CC1. The van der Waals surface area contributed by atoms with E-state index in [1.54, 1.807) is 0 Å². The number of fused-ring (bicyclic) bond motifs is 1. The van der Waals surface area contributed by atoms with Gasteiger partial charge in [0.15, 0.2) is 5.58 Å². The van der Waals surface area contributed by atoms with Gasteiger partial charge in [-0.2, -0.15) is 4.98 Å². The fourth-order valence-corrected chi connectivity index (χ4v) is 4.87. The topological polar surface area (TPSA) is 57.0 Å². The summed E-state index contributed by atoms with van der Waals surface area (Å²) in [6.45, 7) is 9.94. The molecule has 37 heavy (non-hydrogen) atoms. The lowest BCUT2D eigenvalue weighted by Crippen LogP contribution is -2.44. The Morgan fingerprint density at radius 1 is 0.838 bits per heavy atom. The number of hydrogen-bond acceptors (Lipinski definition) is 7. The van der Waals surface area contributed by atoms with Crippen LogP contribution in [0.2, 0.25) is 0 Å². The van der Waals surface area contributed by atoms with Crippen LogP contribution >= 0.6 is 0 Å². The molecule has 7 nitrogen and oxygen atoms in total. The highest BCUT2D eigenvalue weighted by atomic mass is 16.5. The molecule has 0 saturated carbocycles. The smallest absolute Gasteiger partial charge is 0.300 e. The van der Waals surface area contributed by atoms with E-state index in [1.807, 2.05) is 12.1 Å². The molecule has 3 heterocycles. The van der Waals surface area contributed by atoms with Crippen LogP contribution in [-0.4, -0.2) is 74.3 Å². The summed E-state index contributed by atoms with van der Waals surface area (Å²) in [5.74, 6) is 0. The lowest BCUT2D eigenvalue weighted by atomic mass is 10.0. The number of morpholine rings is 1. The van der Waals surface area contributed by atoms with Gasteiger partial charge in [-0.1, -0.05) is 36.4 Å². The first kappa shape index (κ1) is 24.0. The molecule has 0 amide bonds. The third-order valence-electron chi connectivity index (χ3n) is 7.15. The van der Waals surface area contributed by atoms with Crippen molar-refractivity contribution in [1.82, 2.24) is 14.8 Å². The van der Waals surface area contributed by atoms with E-state index in [1.165, 1.54) is 11.3 Å². The molecule has 0 bridgehead atoms. The van der Waals surface area contributed by atoms with Crippen LogP contribution in [0, 0.1) is 13.0 Å². The summed E-state index contributed by atoms with van der Waals surface area (Å²) >= 11 is 0. The largest absolute Gasteiger partial charge is 0.423 e. The monoisotopic (exact) mass is 495 g/mol. The quantitative estimate of drug-likeness (QED) is 0.386. The van der Waals surface area contributed by atoms with E-state index < -0.39 is 0 Å². The van der Waals surface area contributed by atoms with Gasteiger partial charge < -0.3 is 24.3 Å². The number of oxazole rings is 1.